The summed E-state index contributed by atoms with van der Waals surface area (Å²) in [6.45, 7) is 16.4. The van der Waals surface area contributed by atoms with Crippen molar-refractivity contribution in [2.24, 2.45) is 11.8 Å². The zero-order valence-corrected chi connectivity index (χ0v) is 19.0. The number of hydrogen-bond acceptors (Lipinski definition) is 6. The second-order valence-corrected chi connectivity index (χ2v) is 9.04. The maximum Gasteiger partial charge on any atom is 0.321 e. The molecule has 2 heterocycles. The van der Waals surface area contributed by atoms with Gasteiger partial charge in [0.15, 0.2) is 0 Å². The Hall–Kier alpha value is -1.41. The Bertz CT molecular complexity index is 585. The first-order chi connectivity index (χ1) is 13.5. The molecule has 0 radical (unpaired) electrons. The lowest BCUT2D eigenvalue weighted by molar-refractivity contribution is 0.188. The van der Waals surface area contributed by atoms with E-state index in [1.807, 2.05) is 0 Å². The summed E-state index contributed by atoms with van der Waals surface area (Å²) in [6.07, 6.45) is 4.22. The number of aromatic nitrogens is 2. The topological polar surface area (TPSA) is 73.4 Å². The van der Waals surface area contributed by atoms with Gasteiger partial charge in [-0.15, -0.1) is 10.2 Å². The highest BCUT2D eigenvalue weighted by Crippen LogP contribution is 2.25. The van der Waals surface area contributed by atoms with E-state index in [9.17, 15) is 4.79 Å². The molecule has 0 bridgehead atoms. The minimum atomic E-state index is -0.188. The molecule has 7 nitrogen and oxygen atoms in total. The fourth-order valence-electron chi connectivity index (χ4n) is 3.70. The number of piperazine rings is 1. The highest BCUT2D eigenvalue weighted by atomic mass is 32.1. The van der Waals surface area contributed by atoms with Crippen LogP contribution in [0.3, 0.4) is 0 Å². The van der Waals surface area contributed by atoms with Gasteiger partial charge < -0.3 is 10.2 Å². The van der Waals surface area contributed by atoms with E-state index in [0.717, 1.165) is 62.4 Å². The molecule has 0 aromatic carbocycles. The van der Waals surface area contributed by atoms with Gasteiger partial charge in [-0.25, -0.2) is 4.79 Å². The lowest BCUT2D eigenvalue weighted by atomic mass is 9.92. The number of urea groups is 1. The van der Waals surface area contributed by atoms with E-state index in [2.05, 4.69) is 65.2 Å². The quantitative estimate of drug-likeness (QED) is 0.609. The molecule has 1 saturated heterocycles. The SMILES string of the molecule is CCCC(CC)NC(=O)Nc1nnc(N2CCN(CC(CC)C(C)C)CC2)s1. The van der Waals surface area contributed by atoms with Gasteiger partial charge in [0.25, 0.3) is 0 Å². The van der Waals surface area contributed by atoms with E-state index in [1.165, 1.54) is 24.3 Å². The summed E-state index contributed by atoms with van der Waals surface area (Å²) in [5.74, 6) is 1.50. The molecule has 8 heteroatoms. The fraction of sp³-hybridized carbons (Fsp3) is 0.850. The Morgan fingerprint density at radius 1 is 1.11 bits per heavy atom. The molecular formula is C20H38N6OS. The van der Waals surface area contributed by atoms with Crippen LogP contribution in [0.2, 0.25) is 0 Å². The van der Waals surface area contributed by atoms with Crippen LogP contribution in [-0.4, -0.2) is 59.9 Å². The molecule has 1 aliphatic heterocycles. The second-order valence-electron chi connectivity index (χ2n) is 8.08. The summed E-state index contributed by atoms with van der Waals surface area (Å²) >= 11 is 1.45. The van der Waals surface area contributed by atoms with Crippen LogP contribution in [0.1, 0.15) is 60.3 Å². The van der Waals surface area contributed by atoms with Crippen molar-refractivity contribution in [3.8, 4) is 0 Å². The van der Waals surface area contributed by atoms with Crippen LogP contribution in [0, 0.1) is 11.8 Å². The third-order valence-electron chi connectivity index (χ3n) is 5.70. The minimum absolute atomic E-state index is 0.188. The summed E-state index contributed by atoms with van der Waals surface area (Å²) in [5, 5.41) is 15.8. The van der Waals surface area contributed by atoms with E-state index >= 15 is 0 Å². The van der Waals surface area contributed by atoms with Crippen molar-refractivity contribution in [1.82, 2.24) is 20.4 Å². The molecule has 0 aliphatic carbocycles. The zero-order valence-electron chi connectivity index (χ0n) is 18.2. The summed E-state index contributed by atoms with van der Waals surface area (Å²) in [6, 6.07) is 0.0235. The van der Waals surface area contributed by atoms with E-state index < -0.39 is 0 Å². The summed E-state index contributed by atoms with van der Waals surface area (Å²) in [5.41, 5.74) is 0. The number of amides is 2. The van der Waals surface area contributed by atoms with Gasteiger partial charge in [-0.2, -0.15) is 0 Å². The van der Waals surface area contributed by atoms with Crippen LogP contribution in [0.5, 0.6) is 0 Å². The maximum atomic E-state index is 12.2. The van der Waals surface area contributed by atoms with Crippen molar-refractivity contribution in [3.05, 3.63) is 0 Å². The van der Waals surface area contributed by atoms with E-state index in [0.29, 0.717) is 5.13 Å². The Labute approximate surface area is 174 Å². The second kappa shape index (κ2) is 11.6. The molecule has 28 heavy (non-hydrogen) atoms. The monoisotopic (exact) mass is 410 g/mol. The predicted octanol–water partition coefficient (Wildman–Crippen LogP) is 4.04. The molecule has 1 aromatic rings. The van der Waals surface area contributed by atoms with Gasteiger partial charge in [-0.1, -0.05) is 58.8 Å². The Kier molecular flexibility index (Phi) is 9.44. The molecule has 2 unspecified atom stereocenters. The number of nitrogens with one attached hydrogen (secondary N) is 2. The molecule has 1 aliphatic rings. The van der Waals surface area contributed by atoms with Gasteiger partial charge in [0.1, 0.15) is 0 Å². The van der Waals surface area contributed by atoms with Crippen molar-refractivity contribution in [3.63, 3.8) is 0 Å². The average molecular weight is 411 g/mol. The molecule has 2 N–H and O–H groups in total. The van der Waals surface area contributed by atoms with Crippen molar-refractivity contribution in [2.75, 3.05) is 42.9 Å². The number of carbonyl (C=O) groups excluding carboxylic acids is 1. The Morgan fingerprint density at radius 3 is 2.39 bits per heavy atom. The standard InChI is InChI=1S/C20H38N6OS/c1-6-9-17(8-3)21-18(27)22-19-23-24-20(28-19)26-12-10-25(11-13-26)14-16(7-2)15(4)5/h15-17H,6-14H2,1-5H3,(H2,21,22,23,27). The molecular weight excluding hydrogens is 372 g/mol. The number of nitrogens with zero attached hydrogens (tertiary/aromatic N) is 4. The average Bonchev–Trinajstić information content (AvgIpc) is 3.14. The van der Waals surface area contributed by atoms with Crippen LogP contribution >= 0.6 is 11.3 Å². The first kappa shape index (κ1) is 22.9. The van der Waals surface area contributed by atoms with Gasteiger partial charge in [0.2, 0.25) is 10.3 Å². The summed E-state index contributed by atoms with van der Waals surface area (Å²) in [7, 11) is 0. The molecule has 160 valence electrons. The lowest BCUT2D eigenvalue weighted by Crippen LogP contribution is -2.48. The van der Waals surface area contributed by atoms with Gasteiger partial charge in [-0.3, -0.25) is 10.2 Å². The largest absolute Gasteiger partial charge is 0.344 e. The van der Waals surface area contributed by atoms with Crippen molar-refractivity contribution >= 4 is 27.6 Å². The summed E-state index contributed by atoms with van der Waals surface area (Å²) in [4.78, 5) is 17.0. The highest BCUT2D eigenvalue weighted by molar-refractivity contribution is 7.19. The molecule has 2 atom stereocenters. The number of rotatable bonds is 10. The lowest BCUT2D eigenvalue weighted by Gasteiger charge is -2.36. The summed E-state index contributed by atoms with van der Waals surface area (Å²) < 4.78 is 0. The fourth-order valence-corrected chi connectivity index (χ4v) is 4.50. The van der Waals surface area contributed by atoms with Gasteiger partial charge >= 0.3 is 6.03 Å². The van der Waals surface area contributed by atoms with Crippen LogP contribution in [-0.2, 0) is 0 Å². The van der Waals surface area contributed by atoms with Crippen molar-refractivity contribution in [2.45, 2.75) is 66.3 Å². The predicted molar refractivity (Wildman–Crippen MR) is 118 cm³/mol. The molecule has 0 saturated carbocycles. The maximum absolute atomic E-state index is 12.2. The van der Waals surface area contributed by atoms with E-state index in [-0.39, 0.29) is 12.1 Å². The van der Waals surface area contributed by atoms with Crippen molar-refractivity contribution in [1.29, 1.82) is 0 Å². The molecule has 0 spiro atoms. The highest BCUT2D eigenvalue weighted by Gasteiger charge is 2.23. The van der Waals surface area contributed by atoms with Crippen molar-refractivity contribution < 1.29 is 4.79 Å². The smallest absolute Gasteiger partial charge is 0.321 e. The Morgan fingerprint density at radius 2 is 1.82 bits per heavy atom. The van der Waals surface area contributed by atoms with Gasteiger partial charge in [-0.05, 0) is 24.7 Å². The third-order valence-corrected chi connectivity index (χ3v) is 6.60. The molecule has 2 amide bonds. The van der Waals surface area contributed by atoms with Crippen LogP contribution in [0.15, 0.2) is 0 Å². The van der Waals surface area contributed by atoms with E-state index in [4.69, 9.17) is 0 Å². The van der Waals surface area contributed by atoms with Gasteiger partial charge in [0.05, 0.1) is 0 Å². The molecule has 1 aromatic heterocycles. The van der Waals surface area contributed by atoms with Crippen LogP contribution < -0.4 is 15.5 Å². The number of anilines is 2. The third kappa shape index (κ3) is 6.88. The normalized spacial score (nSPS) is 17.6. The zero-order chi connectivity index (χ0) is 20.5. The number of hydrogen-bond donors (Lipinski definition) is 2. The van der Waals surface area contributed by atoms with Crippen LogP contribution in [0.25, 0.3) is 0 Å². The van der Waals surface area contributed by atoms with Crippen LogP contribution in [0.4, 0.5) is 15.1 Å². The number of carbonyl (C=O) groups is 1. The minimum Gasteiger partial charge on any atom is -0.344 e. The Balaban J connectivity index is 1.80. The molecule has 2 rings (SSSR count). The molecule has 1 fully saturated rings. The van der Waals surface area contributed by atoms with E-state index in [1.54, 1.807) is 0 Å². The first-order valence-electron chi connectivity index (χ1n) is 10.8. The van der Waals surface area contributed by atoms with Gasteiger partial charge in [0, 0.05) is 38.8 Å². The first-order valence-corrected chi connectivity index (χ1v) is 11.7.